The van der Waals surface area contributed by atoms with Crippen molar-refractivity contribution >= 4 is 28.2 Å². The molecule has 3 saturated heterocycles. The summed E-state index contributed by atoms with van der Waals surface area (Å²) >= 11 is 1.77. The van der Waals surface area contributed by atoms with Crippen LogP contribution in [0.2, 0.25) is 0 Å². The van der Waals surface area contributed by atoms with Gasteiger partial charge < -0.3 is 15.1 Å². The summed E-state index contributed by atoms with van der Waals surface area (Å²) in [6.45, 7) is 10.3. The van der Waals surface area contributed by atoms with E-state index in [0.717, 1.165) is 87.1 Å². The van der Waals surface area contributed by atoms with Gasteiger partial charge in [0.05, 0.1) is 10.6 Å². The third-order valence-corrected chi connectivity index (χ3v) is 8.35. The molecule has 4 rings (SSSR count). The van der Waals surface area contributed by atoms with Crippen molar-refractivity contribution in [3.8, 4) is 0 Å². The molecule has 3 fully saturated rings. The number of nitrogens with one attached hydrogen (secondary N) is 1. The maximum absolute atomic E-state index is 12.9. The van der Waals surface area contributed by atoms with Crippen molar-refractivity contribution in [3.63, 3.8) is 0 Å². The predicted molar refractivity (Wildman–Crippen MR) is 136 cm³/mol. The molecule has 3 heterocycles. The van der Waals surface area contributed by atoms with Crippen molar-refractivity contribution in [1.82, 2.24) is 10.2 Å². The van der Waals surface area contributed by atoms with Crippen molar-refractivity contribution in [2.45, 2.75) is 51.7 Å². The Kier molecular flexibility index (Phi) is 8.58. The SMILES string of the molecule is C/C(=N\N=C(/C)C1CCNCC1)SCCCN1CC2CCN(c3ccc(C(F)(F)F)cc3)C2C1. The largest absolute Gasteiger partial charge is 0.416 e. The van der Waals surface area contributed by atoms with Crippen molar-refractivity contribution in [3.05, 3.63) is 29.8 Å². The van der Waals surface area contributed by atoms with Gasteiger partial charge in [-0.3, -0.25) is 0 Å². The van der Waals surface area contributed by atoms with Crippen molar-refractivity contribution in [2.24, 2.45) is 22.0 Å². The molecule has 5 nitrogen and oxygen atoms in total. The molecule has 34 heavy (non-hydrogen) atoms. The number of likely N-dealkylation sites (tertiary alicyclic amines) is 1. The Morgan fingerprint density at radius 3 is 2.50 bits per heavy atom. The highest BCUT2D eigenvalue weighted by Gasteiger charge is 2.41. The zero-order chi connectivity index (χ0) is 24.1. The lowest BCUT2D eigenvalue weighted by Gasteiger charge is -2.27. The smallest absolute Gasteiger partial charge is 0.367 e. The number of piperidine rings is 1. The van der Waals surface area contributed by atoms with E-state index in [9.17, 15) is 13.2 Å². The molecule has 0 spiro atoms. The van der Waals surface area contributed by atoms with Crippen LogP contribution in [0.5, 0.6) is 0 Å². The zero-order valence-electron chi connectivity index (χ0n) is 20.2. The zero-order valence-corrected chi connectivity index (χ0v) is 21.0. The first-order chi connectivity index (χ1) is 16.3. The minimum Gasteiger partial charge on any atom is -0.367 e. The van der Waals surface area contributed by atoms with Crippen molar-refractivity contribution < 1.29 is 13.2 Å². The summed E-state index contributed by atoms with van der Waals surface area (Å²) in [5.74, 6) is 2.18. The highest BCUT2D eigenvalue weighted by Crippen LogP contribution is 2.37. The van der Waals surface area contributed by atoms with E-state index >= 15 is 0 Å². The molecule has 0 amide bonds. The second-order valence-electron chi connectivity index (χ2n) is 9.70. The monoisotopic (exact) mass is 495 g/mol. The number of fused-ring (bicyclic) bond motifs is 1. The summed E-state index contributed by atoms with van der Waals surface area (Å²) in [6.07, 6.45) is 0.206. The van der Waals surface area contributed by atoms with Crippen LogP contribution >= 0.6 is 11.8 Å². The Hall–Kier alpha value is -1.58. The normalized spacial score (nSPS) is 25.3. The number of hydrogen-bond acceptors (Lipinski definition) is 6. The number of alkyl halides is 3. The highest BCUT2D eigenvalue weighted by atomic mass is 32.2. The van der Waals surface area contributed by atoms with Crippen LogP contribution in [0.25, 0.3) is 0 Å². The molecule has 0 aliphatic carbocycles. The molecule has 2 atom stereocenters. The molecule has 0 bridgehead atoms. The van der Waals surface area contributed by atoms with E-state index in [1.165, 1.54) is 12.1 Å². The lowest BCUT2D eigenvalue weighted by atomic mass is 9.94. The minimum atomic E-state index is -4.28. The fourth-order valence-corrected chi connectivity index (χ4v) is 6.07. The maximum Gasteiger partial charge on any atom is 0.416 e. The predicted octanol–water partition coefficient (Wildman–Crippen LogP) is 5.13. The van der Waals surface area contributed by atoms with Gasteiger partial charge in [0, 0.05) is 48.7 Å². The quantitative estimate of drug-likeness (QED) is 0.246. The van der Waals surface area contributed by atoms with Gasteiger partial charge in [0.1, 0.15) is 0 Å². The fraction of sp³-hybridized carbons (Fsp3) is 0.680. The van der Waals surface area contributed by atoms with E-state index in [-0.39, 0.29) is 0 Å². The summed E-state index contributed by atoms with van der Waals surface area (Å²) in [5.41, 5.74) is 1.47. The average Bonchev–Trinajstić information content (AvgIpc) is 3.41. The summed E-state index contributed by atoms with van der Waals surface area (Å²) < 4.78 is 38.6. The van der Waals surface area contributed by atoms with Gasteiger partial charge in [-0.25, -0.2) is 0 Å². The number of benzene rings is 1. The van der Waals surface area contributed by atoms with Crippen molar-refractivity contribution in [2.75, 3.05) is 49.9 Å². The summed E-state index contributed by atoms with van der Waals surface area (Å²) in [4.78, 5) is 4.82. The van der Waals surface area contributed by atoms with Gasteiger partial charge >= 0.3 is 6.18 Å². The van der Waals surface area contributed by atoms with Crippen LogP contribution < -0.4 is 10.2 Å². The van der Waals surface area contributed by atoms with Gasteiger partial charge in [0.15, 0.2) is 0 Å². The van der Waals surface area contributed by atoms with Crippen LogP contribution in [0.1, 0.15) is 45.1 Å². The lowest BCUT2D eigenvalue weighted by Crippen LogP contribution is -2.35. The Bertz CT molecular complexity index is 864. The molecule has 1 aromatic rings. The molecule has 9 heteroatoms. The second kappa shape index (κ2) is 11.4. The first-order valence-electron chi connectivity index (χ1n) is 12.4. The minimum absolute atomic E-state index is 0.403. The van der Waals surface area contributed by atoms with Gasteiger partial charge in [-0.05, 0) is 89.3 Å². The van der Waals surface area contributed by atoms with Crippen molar-refractivity contribution in [1.29, 1.82) is 0 Å². The van der Waals surface area contributed by atoms with E-state index in [1.54, 1.807) is 23.9 Å². The van der Waals surface area contributed by atoms with Crippen LogP contribution in [0.15, 0.2) is 34.5 Å². The average molecular weight is 496 g/mol. The molecule has 0 aromatic heterocycles. The topological polar surface area (TPSA) is 43.2 Å². The van der Waals surface area contributed by atoms with Crippen LogP contribution in [0, 0.1) is 11.8 Å². The fourth-order valence-electron chi connectivity index (χ4n) is 5.40. The van der Waals surface area contributed by atoms with Gasteiger partial charge in [0.25, 0.3) is 0 Å². The maximum atomic E-state index is 12.9. The number of rotatable bonds is 7. The molecule has 0 saturated carbocycles. The van der Waals surface area contributed by atoms with E-state index in [1.807, 2.05) is 6.92 Å². The van der Waals surface area contributed by atoms with E-state index in [0.29, 0.717) is 17.9 Å². The molecule has 3 aliphatic heterocycles. The summed E-state index contributed by atoms with van der Waals surface area (Å²) in [5, 5.41) is 13.3. The third-order valence-electron chi connectivity index (χ3n) is 7.36. The highest BCUT2D eigenvalue weighted by molar-refractivity contribution is 8.13. The van der Waals surface area contributed by atoms with Crippen LogP contribution in [-0.2, 0) is 6.18 Å². The lowest BCUT2D eigenvalue weighted by molar-refractivity contribution is -0.137. The molecule has 1 aromatic carbocycles. The second-order valence-corrected chi connectivity index (χ2v) is 11.0. The molecular weight excluding hydrogens is 459 g/mol. The van der Waals surface area contributed by atoms with Crippen LogP contribution in [-0.4, -0.2) is 66.7 Å². The van der Waals surface area contributed by atoms with Gasteiger partial charge in [-0.15, -0.1) is 16.9 Å². The molecular formula is C25H36F3N5S. The van der Waals surface area contributed by atoms with Crippen LogP contribution in [0.4, 0.5) is 18.9 Å². The number of anilines is 1. The molecule has 3 aliphatic rings. The van der Waals surface area contributed by atoms with E-state index in [4.69, 9.17) is 0 Å². The number of nitrogens with zero attached hydrogens (tertiary/aromatic N) is 4. The van der Waals surface area contributed by atoms with Gasteiger partial charge in [0.2, 0.25) is 0 Å². The van der Waals surface area contributed by atoms with Crippen LogP contribution in [0.3, 0.4) is 0 Å². The van der Waals surface area contributed by atoms with Gasteiger partial charge in [-0.1, -0.05) is 0 Å². The first kappa shape index (κ1) is 25.5. The molecule has 1 N–H and O–H groups in total. The van der Waals surface area contributed by atoms with E-state index in [2.05, 4.69) is 32.2 Å². The standard InChI is InChI=1S/C25H36F3N5S/c1-18(20-8-11-29-12-9-20)30-31-19(2)34-15-3-13-32-16-21-10-14-33(24(21)17-32)23-6-4-22(5-7-23)25(26,27)28/h4-7,20-21,24,29H,3,8-17H2,1-2H3/b30-18+,31-19+. The Morgan fingerprint density at radius 1 is 1.06 bits per heavy atom. The molecule has 2 unspecified atom stereocenters. The van der Waals surface area contributed by atoms with Gasteiger partial charge in [-0.2, -0.15) is 18.3 Å². The Balaban J connectivity index is 1.19. The number of halogens is 3. The summed E-state index contributed by atoms with van der Waals surface area (Å²) in [7, 11) is 0. The molecule has 0 radical (unpaired) electrons. The van der Waals surface area contributed by atoms with E-state index < -0.39 is 11.7 Å². The number of thioether (sulfide) groups is 1. The third kappa shape index (κ3) is 6.55. The molecule has 188 valence electrons. The first-order valence-corrected chi connectivity index (χ1v) is 13.4. The summed E-state index contributed by atoms with van der Waals surface area (Å²) in [6, 6.07) is 6.06. The number of hydrogen-bond donors (Lipinski definition) is 1. The Labute approximate surface area is 205 Å². The Morgan fingerprint density at radius 2 is 1.79 bits per heavy atom.